The fourth-order valence-electron chi connectivity index (χ4n) is 7.50. The number of carbonyl (C=O) groups is 4. The largest absolute Gasteiger partial charge is 0.371 e. The lowest BCUT2D eigenvalue weighted by molar-refractivity contribution is -0.143. The smallest absolute Gasteiger partial charge is 0.256 e. The highest BCUT2D eigenvalue weighted by Gasteiger charge is 2.34. The van der Waals surface area contributed by atoms with E-state index in [9.17, 15) is 19.2 Å². The third kappa shape index (κ3) is 7.32. The molecule has 2 saturated heterocycles. The number of H-pyrrole nitrogens is 1. The van der Waals surface area contributed by atoms with Crippen molar-refractivity contribution in [2.45, 2.75) is 63.4 Å². The third-order valence-electron chi connectivity index (χ3n) is 10.5. The summed E-state index contributed by atoms with van der Waals surface area (Å²) < 4.78 is 20.6. The number of nitrogens with zero attached hydrogens (tertiary/aromatic N) is 4. The zero-order valence-corrected chi connectivity index (χ0v) is 29.2. The molecule has 3 N–H and O–H groups in total. The quantitative estimate of drug-likeness (QED) is 0.203. The molecule has 52 heavy (non-hydrogen) atoms. The minimum atomic E-state index is -0.717. The number of carbonyl (C=O) groups excluding carboxylic acids is 4. The van der Waals surface area contributed by atoms with Gasteiger partial charge < -0.3 is 19.9 Å². The number of ether oxygens (including phenoxy) is 1. The number of fused-ring (bicyclic) bond motifs is 1. The summed E-state index contributed by atoms with van der Waals surface area (Å²) in [6, 6.07) is 22.2. The van der Waals surface area contributed by atoms with Crippen LogP contribution in [0.25, 0.3) is 0 Å². The maximum atomic E-state index is 15.1. The summed E-state index contributed by atoms with van der Waals surface area (Å²) in [7, 11) is 3.57. The third-order valence-corrected chi connectivity index (χ3v) is 10.5. The molecule has 0 spiro atoms. The predicted molar refractivity (Wildman–Crippen MR) is 192 cm³/mol. The standard InChI is InChI=1S/C39H42FN7O5/c1-45(21-24-8-13-29(32(40)20-24)30-14-15-34(48)41-38(30)50)27-16-18-46(19-17-27)28-11-9-26(10-12-28)37(49)42-36-31-22-47(23-33(31)43-44-36)39(51)35(52-2)25-6-4-3-5-7-25/h3-13,20,27,30,35H,14-19,21-23H2,1-2H3,(H,41,48,50)(H2,42,43,44,49)/t30?,35-/m1/s1. The van der Waals surface area contributed by atoms with Gasteiger partial charge in [-0.2, -0.15) is 5.10 Å². The highest BCUT2D eigenvalue weighted by molar-refractivity contribution is 6.04. The summed E-state index contributed by atoms with van der Waals surface area (Å²) in [5, 5.41) is 12.5. The Morgan fingerprint density at radius 3 is 2.46 bits per heavy atom. The van der Waals surface area contributed by atoms with Gasteiger partial charge in [-0.15, -0.1) is 0 Å². The maximum absolute atomic E-state index is 15.1. The number of benzene rings is 3. The number of imide groups is 1. The van der Waals surface area contributed by atoms with E-state index in [-0.39, 0.29) is 24.1 Å². The molecule has 2 fully saturated rings. The Hall–Kier alpha value is -5.40. The number of hydrogen-bond acceptors (Lipinski definition) is 8. The molecule has 4 aromatic rings. The molecule has 3 aromatic carbocycles. The van der Waals surface area contributed by atoms with Crippen molar-refractivity contribution in [3.8, 4) is 0 Å². The lowest BCUT2D eigenvalue weighted by Gasteiger charge is -2.38. The van der Waals surface area contributed by atoms with E-state index >= 15 is 4.39 Å². The van der Waals surface area contributed by atoms with Crippen molar-refractivity contribution >= 4 is 35.1 Å². The van der Waals surface area contributed by atoms with E-state index in [1.54, 1.807) is 11.0 Å². The fraction of sp³-hybridized carbons (Fsp3) is 0.359. The first-order valence-corrected chi connectivity index (χ1v) is 17.6. The number of aromatic nitrogens is 2. The van der Waals surface area contributed by atoms with E-state index in [1.165, 1.54) is 13.2 Å². The molecule has 270 valence electrons. The minimum Gasteiger partial charge on any atom is -0.371 e. The molecule has 7 rings (SSSR count). The van der Waals surface area contributed by atoms with E-state index in [0.717, 1.165) is 54.0 Å². The summed E-state index contributed by atoms with van der Waals surface area (Å²) in [6.45, 7) is 2.92. The summed E-state index contributed by atoms with van der Waals surface area (Å²) in [4.78, 5) is 56.5. The van der Waals surface area contributed by atoms with Crippen molar-refractivity contribution in [2.75, 3.05) is 37.5 Å². The van der Waals surface area contributed by atoms with Gasteiger partial charge in [-0.05, 0) is 67.8 Å². The number of aromatic amines is 1. The Balaban J connectivity index is 0.897. The van der Waals surface area contributed by atoms with Crippen molar-refractivity contribution < 1.29 is 28.3 Å². The van der Waals surface area contributed by atoms with Gasteiger partial charge in [0.05, 0.1) is 24.7 Å². The first-order valence-electron chi connectivity index (χ1n) is 17.6. The average Bonchev–Trinajstić information content (AvgIpc) is 3.75. The molecule has 13 heteroatoms. The molecular weight excluding hydrogens is 665 g/mol. The molecule has 1 unspecified atom stereocenters. The van der Waals surface area contributed by atoms with Gasteiger partial charge in [0.2, 0.25) is 11.8 Å². The summed E-state index contributed by atoms with van der Waals surface area (Å²) in [5.41, 5.74) is 5.04. The SMILES string of the molecule is CO[C@@H](C(=O)N1Cc2[nH]nc(NC(=O)c3ccc(N4CCC(N(C)Cc5ccc(C6CCC(=O)NC6=O)c(F)c5)CC4)cc3)c2C1)c1ccccc1. The van der Waals surface area contributed by atoms with Crippen LogP contribution in [0, 0.1) is 5.82 Å². The van der Waals surface area contributed by atoms with Crippen molar-refractivity contribution in [2.24, 2.45) is 0 Å². The number of rotatable bonds is 10. The van der Waals surface area contributed by atoms with Crippen molar-refractivity contribution in [3.63, 3.8) is 0 Å². The van der Waals surface area contributed by atoms with Gasteiger partial charge in [-0.1, -0.05) is 42.5 Å². The molecule has 0 saturated carbocycles. The Kier molecular flexibility index (Phi) is 10.1. The molecule has 4 heterocycles. The van der Waals surface area contributed by atoms with E-state index < -0.39 is 23.7 Å². The second-order valence-corrected chi connectivity index (χ2v) is 13.7. The van der Waals surface area contributed by atoms with Crippen molar-refractivity contribution in [3.05, 3.63) is 112 Å². The monoisotopic (exact) mass is 707 g/mol. The van der Waals surface area contributed by atoms with Gasteiger partial charge in [0.1, 0.15) is 5.82 Å². The molecule has 3 aliphatic heterocycles. The van der Waals surface area contributed by atoms with Crippen molar-refractivity contribution in [1.29, 1.82) is 0 Å². The highest BCUT2D eigenvalue weighted by atomic mass is 19.1. The van der Waals surface area contributed by atoms with E-state index in [0.29, 0.717) is 49.0 Å². The zero-order chi connectivity index (χ0) is 36.4. The Labute approximate surface area is 301 Å². The normalized spacial score (nSPS) is 18.3. The lowest BCUT2D eigenvalue weighted by Crippen LogP contribution is -2.43. The molecule has 0 radical (unpaired) electrons. The maximum Gasteiger partial charge on any atom is 0.256 e. The van der Waals surface area contributed by atoms with E-state index in [1.807, 2.05) is 67.7 Å². The molecule has 4 amide bonds. The molecule has 1 aromatic heterocycles. The van der Waals surface area contributed by atoms with Crippen LogP contribution in [-0.4, -0.2) is 76.9 Å². The molecule has 0 bridgehead atoms. The Morgan fingerprint density at radius 2 is 1.77 bits per heavy atom. The molecule has 3 aliphatic rings. The lowest BCUT2D eigenvalue weighted by atomic mass is 9.89. The number of piperidine rings is 2. The summed E-state index contributed by atoms with van der Waals surface area (Å²) in [6.07, 6.45) is 1.66. The first-order chi connectivity index (χ1) is 25.2. The van der Waals surface area contributed by atoms with Crippen LogP contribution in [0.15, 0.2) is 72.8 Å². The van der Waals surface area contributed by atoms with Crippen LogP contribution in [-0.2, 0) is 38.8 Å². The predicted octanol–water partition coefficient (Wildman–Crippen LogP) is 4.65. The molecule has 2 atom stereocenters. The Morgan fingerprint density at radius 1 is 1.02 bits per heavy atom. The molecule has 12 nitrogen and oxygen atoms in total. The second kappa shape index (κ2) is 15.1. The average molecular weight is 708 g/mol. The minimum absolute atomic E-state index is 0.157. The number of halogens is 1. The number of nitrogens with one attached hydrogen (secondary N) is 3. The van der Waals surface area contributed by atoms with Crippen molar-refractivity contribution in [1.82, 2.24) is 25.3 Å². The number of amides is 4. The van der Waals surface area contributed by atoms with Crippen LogP contribution in [0.4, 0.5) is 15.9 Å². The van der Waals surface area contributed by atoms with Crippen LogP contribution < -0.4 is 15.5 Å². The number of methoxy groups -OCH3 is 1. The van der Waals surface area contributed by atoms with Crippen LogP contribution in [0.5, 0.6) is 0 Å². The number of anilines is 2. The molecular formula is C39H42FN7O5. The first kappa shape index (κ1) is 35.0. The molecule has 0 aliphatic carbocycles. The Bertz CT molecular complexity index is 1960. The van der Waals surface area contributed by atoms with E-state index in [4.69, 9.17) is 4.74 Å². The van der Waals surface area contributed by atoms with Gasteiger partial charge in [0, 0.05) is 61.6 Å². The second-order valence-electron chi connectivity index (χ2n) is 13.7. The van der Waals surface area contributed by atoms with Gasteiger partial charge in [-0.3, -0.25) is 34.5 Å². The zero-order valence-electron chi connectivity index (χ0n) is 29.2. The topological polar surface area (TPSA) is 140 Å². The number of hydrogen-bond donors (Lipinski definition) is 3. The van der Waals surface area contributed by atoms with Crippen LogP contribution in [0.2, 0.25) is 0 Å². The summed E-state index contributed by atoms with van der Waals surface area (Å²) in [5.74, 6) is -1.85. The summed E-state index contributed by atoms with van der Waals surface area (Å²) >= 11 is 0. The van der Waals surface area contributed by atoms with Crippen LogP contribution >= 0.6 is 0 Å². The van der Waals surface area contributed by atoms with Crippen LogP contribution in [0.3, 0.4) is 0 Å². The van der Waals surface area contributed by atoms with Gasteiger partial charge >= 0.3 is 0 Å². The van der Waals surface area contributed by atoms with Gasteiger partial charge in [0.25, 0.3) is 11.8 Å². The highest BCUT2D eigenvalue weighted by Crippen LogP contribution is 2.32. The fourth-order valence-corrected chi connectivity index (χ4v) is 7.50. The van der Waals surface area contributed by atoms with E-state index in [2.05, 4.69) is 30.6 Å². The van der Waals surface area contributed by atoms with Crippen LogP contribution in [0.1, 0.15) is 76.0 Å². The van der Waals surface area contributed by atoms with Gasteiger partial charge in [-0.25, -0.2) is 4.39 Å². The van der Waals surface area contributed by atoms with Gasteiger partial charge in [0.15, 0.2) is 11.9 Å².